The first kappa shape index (κ1) is 19.6. The van der Waals surface area contributed by atoms with E-state index < -0.39 is 0 Å². The molecule has 2 aromatic carbocycles. The Morgan fingerprint density at radius 3 is 2.46 bits per heavy atom. The van der Waals surface area contributed by atoms with Crippen molar-refractivity contribution in [2.45, 2.75) is 6.54 Å². The summed E-state index contributed by atoms with van der Waals surface area (Å²) in [5.74, 6) is -0.286. The van der Waals surface area contributed by atoms with Crippen LogP contribution in [-0.4, -0.2) is 60.9 Å². The first-order chi connectivity index (χ1) is 13.4. The molecule has 0 saturated heterocycles. The number of hydrogen-bond acceptors (Lipinski definition) is 3. The number of carbonyl (C=O) groups is 2. The van der Waals surface area contributed by atoms with Gasteiger partial charge in [0.25, 0.3) is 11.8 Å². The quantitative estimate of drug-likeness (QED) is 0.717. The topological polar surface area (TPSA) is 57.6 Å². The van der Waals surface area contributed by atoms with Crippen molar-refractivity contribution < 1.29 is 9.59 Å². The van der Waals surface area contributed by atoms with Gasteiger partial charge >= 0.3 is 0 Å². The summed E-state index contributed by atoms with van der Waals surface area (Å²) >= 11 is 0. The molecule has 0 atom stereocenters. The van der Waals surface area contributed by atoms with Crippen molar-refractivity contribution in [2.24, 2.45) is 0 Å². The Hall–Kier alpha value is -3.12. The van der Waals surface area contributed by atoms with E-state index in [0.29, 0.717) is 16.8 Å². The maximum Gasteiger partial charge on any atom is 0.257 e. The molecule has 0 unspecified atom stereocenters. The fourth-order valence-electron chi connectivity index (χ4n) is 3.11. The molecule has 0 saturated carbocycles. The van der Waals surface area contributed by atoms with Crippen LogP contribution >= 0.6 is 0 Å². The summed E-state index contributed by atoms with van der Waals surface area (Å²) in [6.07, 6.45) is 1.90. The van der Waals surface area contributed by atoms with Crippen molar-refractivity contribution in [3.05, 3.63) is 65.9 Å². The van der Waals surface area contributed by atoms with E-state index in [2.05, 4.69) is 14.8 Å². The van der Waals surface area contributed by atoms with E-state index in [-0.39, 0.29) is 11.8 Å². The molecule has 1 aromatic heterocycles. The molecule has 6 nitrogen and oxygen atoms in total. The fraction of sp³-hybridized carbons (Fsp3) is 0.273. The third-order valence-corrected chi connectivity index (χ3v) is 4.59. The summed E-state index contributed by atoms with van der Waals surface area (Å²) in [6, 6.07) is 14.9. The van der Waals surface area contributed by atoms with E-state index in [1.165, 1.54) is 4.90 Å². The van der Waals surface area contributed by atoms with Crippen LogP contribution in [0, 0.1) is 0 Å². The van der Waals surface area contributed by atoms with E-state index >= 15 is 0 Å². The van der Waals surface area contributed by atoms with Crippen LogP contribution in [-0.2, 0) is 6.54 Å². The molecule has 0 radical (unpaired) electrons. The molecule has 1 heterocycles. The number of amides is 2. The van der Waals surface area contributed by atoms with Gasteiger partial charge in [-0.05, 0) is 38.4 Å². The molecule has 0 aliphatic heterocycles. The van der Waals surface area contributed by atoms with Gasteiger partial charge in [-0.3, -0.25) is 9.59 Å². The Balaban J connectivity index is 1.88. The highest BCUT2D eigenvalue weighted by atomic mass is 16.2. The molecule has 1 N–H and O–H groups in total. The van der Waals surface area contributed by atoms with Crippen LogP contribution in [0.4, 0.5) is 5.69 Å². The zero-order chi connectivity index (χ0) is 20.3. The van der Waals surface area contributed by atoms with Crippen molar-refractivity contribution in [2.75, 3.05) is 40.1 Å². The van der Waals surface area contributed by atoms with Crippen LogP contribution in [0.15, 0.2) is 54.7 Å². The number of rotatable bonds is 6. The average molecular weight is 378 g/mol. The summed E-state index contributed by atoms with van der Waals surface area (Å²) < 4.78 is 2.11. The highest BCUT2D eigenvalue weighted by Crippen LogP contribution is 2.23. The van der Waals surface area contributed by atoms with Crippen molar-refractivity contribution in [1.29, 1.82) is 0 Å². The summed E-state index contributed by atoms with van der Waals surface area (Å²) in [5.41, 5.74) is 2.80. The Morgan fingerprint density at radius 2 is 1.75 bits per heavy atom. The van der Waals surface area contributed by atoms with Gasteiger partial charge in [0.1, 0.15) is 0 Å². The Bertz CT molecular complexity index is 1000. The standard InChI is InChI=1S/C22H26N4O2/c1-24(2)12-13-26-15-19(18-10-5-6-11-20(18)26)21(27)23-17-9-7-8-16(14-17)22(28)25(3)4/h5-11,14-15H,12-13H2,1-4H3,(H,23,27). The molecular formula is C22H26N4O2. The predicted molar refractivity (Wildman–Crippen MR) is 113 cm³/mol. The Morgan fingerprint density at radius 1 is 1.00 bits per heavy atom. The smallest absolute Gasteiger partial charge is 0.257 e. The summed E-state index contributed by atoms with van der Waals surface area (Å²) in [5, 5.41) is 3.85. The number of likely N-dealkylation sites (N-methyl/N-ethyl adjacent to an activating group) is 1. The summed E-state index contributed by atoms with van der Waals surface area (Å²) in [7, 11) is 7.47. The molecule has 2 amide bonds. The van der Waals surface area contributed by atoms with Crippen LogP contribution in [0.1, 0.15) is 20.7 Å². The van der Waals surface area contributed by atoms with Gasteiger partial charge in [-0.25, -0.2) is 0 Å². The van der Waals surface area contributed by atoms with Crippen molar-refractivity contribution in [1.82, 2.24) is 14.4 Å². The van der Waals surface area contributed by atoms with Gasteiger partial charge in [-0.2, -0.15) is 0 Å². The summed E-state index contributed by atoms with van der Waals surface area (Å²) in [4.78, 5) is 28.8. The monoisotopic (exact) mass is 378 g/mol. The number of nitrogens with zero attached hydrogens (tertiary/aromatic N) is 3. The van der Waals surface area contributed by atoms with E-state index in [1.807, 2.05) is 44.6 Å². The molecule has 0 aliphatic carbocycles. The van der Waals surface area contributed by atoms with Crippen molar-refractivity contribution in [3.8, 4) is 0 Å². The molecule has 0 fully saturated rings. The number of nitrogens with one attached hydrogen (secondary N) is 1. The second-order valence-corrected chi connectivity index (χ2v) is 7.29. The lowest BCUT2D eigenvalue weighted by molar-refractivity contribution is 0.0827. The number of para-hydroxylation sites is 1. The third kappa shape index (κ3) is 4.23. The van der Waals surface area contributed by atoms with E-state index in [9.17, 15) is 9.59 Å². The molecule has 3 rings (SSSR count). The predicted octanol–water partition coefficient (Wildman–Crippen LogP) is 3.16. The lowest BCUT2D eigenvalue weighted by Crippen LogP contribution is -2.22. The van der Waals surface area contributed by atoms with Gasteiger partial charge < -0.3 is 19.7 Å². The number of aromatic nitrogens is 1. The van der Waals surface area contributed by atoms with Gasteiger partial charge in [0.2, 0.25) is 0 Å². The van der Waals surface area contributed by atoms with Gasteiger partial charge in [-0.15, -0.1) is 0 Å². The second kappa shape index (κ2) is 8.27. The van der Waals surface area contributed by atoms with Gasteiger partial charge in [0, 0.05) is 55.5 Å². The normalized spacial score (nSPS) is 11.0. The Kier molecular flexibility index (Phi) is 5.80. The SMILES string of the molecule is CN(C)CCn1cc(C(=O)Nc2cccc(C(=O)N(C)C)c2)c2ccccc21. The lowest BCUT2D eigenvalue weighted by Gasteiger charge is -2.11. The van der Waals surface area contributed by atoms with Gasteiger partial charge in [0.05, 0.1) is 5.56 Å². The minimum atomic E-state index is -0.186. The van der Waals surface area contributed by atoms with Crippen LogP contribution in [0.3, 0.4) is 0 Å². The van der Waals surface area contributed by atoms with Gasteiger partial charge in [-0.1, -0.05) is 24.3 Å². The van der Waals surface area contributed by atoms with Crippen LogP contribution in [0.2, 0.25) is 0 Å². The number of benzene rings is 2. The highest BCUT2D eigenvalue weighted by molar-refractivity contribution is 6.13. The molecule has 28 heavy (non-hydrogen) atoms. The lowest BCUT2D eigenvalue weighted by atomic mass is 10.1. The fourth-order valence-corrected chi connectivity index (χ4v) is 3.11. The minimum Gasteiger partial charge on any atom is -0.345 e. The van der Waals surface area contributed by atoms with E-state index in [0.717, 1.165) is 24.0 Å². The number of anilines is 1. The first-order valence-corrected chi connectivity index (χ1v) is 9.22. The second-order valence-electron chi connectivity index (χ2n) is 7.29. The Labute approximate surface area is 165 Å². The van der Waals surface area contributed by atoms with E-state index in [1.54, 1.807) is 38.4 Å². The molecule has 3 aromatic rings. The zero-order valence-corrected chi connectivity index (χ0v) is 16.8. The van der Waals surface area contributed by atoms with Crippen molar-refractivity contribution >= 4 is 28.4 Å². The summed E-state index contributed by atoms with van der Waals surface area (Å²) in [6.45, 7) is 1.68. The van der Waals surface area contributed by atoms with Gasteiger partial charge in [0.15, 0.2) is 0 Å². The molecule has 0 aliphatic rings. The van der Waals surface area contributed by atoms with Crippen LogP contribution in [0.5, 0.6) is 0 Å². The van der Waals surface area contributed by atoms with Crippen LogP contribution in [0.25, 0.3) is 10.9 Å². The third-order valence-electron chi connectivity index (χ3n) is 4.59. The molecule has 6 heteroatoms. The number of hydrogen-bond donors (Lipinski definition) is 1. The first-order valence-electron chi connectivity index (χ1n) is 9.22. The number of carbonyl (C=O) groups excluding carboxylic acids is 2. The van der Waals surface area contributed by atoms with E-state index in [4.69, 9.17) is 0 Å². The zero-order valence-electron chi connectivity index (χ0n) is 16.8. The number of fused-ring (bicyclic) bond motifs is 1. The largest absolute Gasteiger partial charge is 0.345 e. The molecular weight excluding hydrogens is 352 g/mol. The molecule has 146 valence electrons. The maximum absolute atomic E-state index is 13.0. The average Bonchev–Trinajstić information content (AvgIpc) is 3.05. The molecule has 0 bridgehead atoms. The maximum atomic E-state index is 13.0. The van der Waals surface area contributed by atoms with Crippen molar-refractivity contribution in [3.63, 3.8) is 0 Å². The van der Waals surface area contributed by atoms with Crippen LogP contribution < -0.4 is 5.32 Å². The minimum absolute atomic E-state index is 0.101. The molecule has 0 spiro atoms. The highest BCUT2D eigenvalue weighted by Gasteiger charge is 2.16.